The van der Waals surface area contributed by atoms with Crippen molar-refractivity contribution >= 4 is 11.5 Å². The van der Waals surface area contributed by atoms with Crippen LogP contribution in [0.3, 0.4) is 0 Å². The lowest BCUT2D eigenvalue weighted by atomic mass is 9.75. The number of hydrogen-bond donors (Lipinski definition) is 1. The number of allylic oxidation sites excluding steroid dienone is 4. The van der Waals surface area contributed by atoms with Crippen molar-refractivity contribution in [3.63, 3.8) is 0 Å². The third-order valence-corrected chi connectivity index (χ3v) is 4.48. The van der Waals surface area contributed by atoms with E-state index in [4.69, 9.17) is 5.73 Å². The molecule has 1 atom stereocenters. The molecule has 0 amide bonds. The Bertz CT molecular complexity index is 876. The fourth-order valence-corrected chi connectivity index (χ4v) is 3.27. The molecule has 0 aliphatic heterocycles. The molecule has 4 rings (SSSR count). The van der Waals surface area contributed by atoms with Gasteiger partial charge in [0.05, 0.1) is 5.71 Å². The highest BCUT2D eigenvalue weighted by Crippen LogP contribution is 2.34. The highest BCUT2D eigenvalue weighted by atomic mass is 15.2. The topological polar surface area (TPSA) is 63.6 Å². The molecule has 1 heterocycles. The van der Waals surface area contributed by atoms with Crippen molar-refractivity contribution in [3.8, 4) is 0 Å². The van der Waals surface area contributed by atoms with Crippen LogP contribution in [0.5, 0.6) is 0 Å². The number of amidine groups is 1. The minimum absolute atomic E-state index is 0.283. The summed E-state index contributed by atoms with van der Waals surface area (Å²) < 4.78 is 0. The second kappa shape index (κ2) is 6.24. The van der Waals surface area contributed by atoms with Crippen molar-refractivity contribution in [2.75, 3.05) is 0 Å². The van der Waals surface area contributed by atoms with Gasteiger partial charge in [0.25, 0.3) is 0 Å². The number of aromatic nitrogens is 1. The van der Waals surface area contributed by atoms with Gasteiger partial charge in [-0.2, -0.15) is 5.10 Å². The van der Waals surface area contributed by atoms with E-state index in [0.29, 0.717) is 11.5 Å². The molecule has 4 nitrogen and oxygen atoms in total. The predicted molar refractivity (Wildman–Crippen MR) is 97.0 cm³/mol. The van der Waals surface area contributed by atoms with E-state index in [9.17, 15) is 0 Å². The first kappa shape index (κ1) is 14.6. The molecule has 0 saturated heterocycles. The largest absolute Gasteiger partial charge is 0.380 e. The lowest BCUT2D eigenvalue weighted by molar-refractivity contribution is 0.756. The fraction of sp³-hybridized carbons (Fsp3) is 0.150. The highest BCUT2D eigenvalue weighted by molar-refractivity contribution is 6.07. The number of hydrogen-bond acceptors (Lipinski definition) is 3. The molecule has 4 heteroatoms. The molecular weight excluding hydrogens is 296 g/mol. The third-order valence-electron chi connectivity index (χ3n) is 4.48. The number of benzene rings is 1. The van der Waals surface area contributed by atoms with Gasteiger partial charge in [0, 0.05) is 17.7 Å². The van der Waals surface area contributed by atoms with Crippen LogP contribution < -0.4 is 5.73 Å². The SMILES string of the molecule is NC(=NN=C1c2ccccc2CC2=CC=CCC21)c1ccccn1. The summed E-state index contributed by atoms with van der Waals surface area (Å²) in [4.78, 5) is 4.22. The zero-order chi connectivity index (χ0) is 16.4. The first-order chi connectivity index (χ1) is 11.8. The Kier molecular flexibility index (Phi) is 3.79. The van der Waals surface area contributed by atoms with Crippen LogP contribution in [0.25, 0.3) is 0 Å². The Balaban J connectivity index is 1.77. The van der Waals surface area contributed by atoms with Crippen molar-refractivity contribution in [1.82, 2.24) is 4.98 Å². The summed E-state index contributed by atoms with van der Waals surface area (Å²) in [7, 11) is 0. The number of rotatable bonds is 2. The Morgan fingerprint density at radius 1 is 1.12 bits per heavy atom. The smallest absolute Gasteiger partial charge is 0.171 e. The minimum atomic E-state index is 0.283. The van der Waals surface area contributed by atoms with Crippen LogP contribution in [0.4, 0.5) is 0 Å². The monoisotopic (exact) mass is 314 g/mol. The van der Waals surface area contributed by atoms with Gasteiger partial charge < -0.3 is 5.73 Å². The maximum Gasteiger partial charge on any atom is 0.171 e. The average Bonchev–Trinajstić information content (AvgIpc) is 2.65. The summed E-state index contributed by atoms with van der Waals surface area (Å²) in [5.74, 6) is 0.619. The fourth-order valence-electron chi connectivity index (χ4n) is 3.27. The lowest BCUT2D eigenvalue weighted by Crippen LogP contribution is -2.27. The van der Waals surface area contributed by atoms with Crippen LogP contribution in [-0.2, 0) is 6.42 Å². The molecule has 24 heavy (non-hydrogen) atoms. The summed E-state index contributed by atoms with van der Waals surface area (Å²) in [5.41, 5.74) is 11.5. The summed E-state index contributed by atoms with van der Waals surface area (Å²) in [6.45, 7) is 0. The van der Waals surface area contributed by atoms with Crippen LogP contribution in [-0.4, -0.2) is 16.5 Å². The van der Waals surface area contributed by atoms with Crippen molar-refractivity contribution < 1.29 is 0 Å². The second-order valence-electron chi connectivity index (χ2n) is 5.98. The van der Waals surface area contributed by atoms with E-state index < -0.39 is 0 Å². The van der Waals surface area contributed by atoms with Crippen LogP contribution in [0.2, 0.25) is 0 Å². The standard InChI is InChI=1S/C20H18N4/c21-20(18-11-5-6-12-22-18)24-23-19-16-9-3-1-7-14(16)13-15-8-2-4-10-17(15)19/h1-9,11-12,17H,10,13H2,(H2,21,24). The van der Waals surface area contributed by atoms with E-state index in [2.05, 4.69) is 51.6 Å². The molecule has 0 saturated carbocycles. The highest BCUT2D eigenvalue weighted by Gasteiger charge is 2.29. The maximum absolute atomic E-state index is 6.05. The van der Waals surface area contributed by atoms with Gasteiger partial charge in [-0.1, -0.05) is 54.1 Å². The Morgan fingerprint density at radius 3 is 2.88 bits per heavy atom. The molecule has 2 aromatic rings. The van der Waals surface area contributed by atoms with Gasteiger partial charge in [0.1, 0.15) is 5.69 Å². The second-order valence-corrected chi connectivity index (χ2v) is 5.98. The summed E-state index contributed by atoms with van der Waals surface area (Å²) in [5, 5.41) is 8.83. The molecular formula is C20H18N4. The first-order valence-corrected chi connectivity index (χ1v) is 8.09. The molecule has 2 N–H and O–H groups in total. The molecule has 0 spiro atoms. The predicted octanol–water partition coefficient (Wildman–Crippen LogP) is 3.25. The molecule has 1 unspecified atom stereocenters. The average molecular weight is 314 g/mol. The Labute approximate surface area is 141 Å². The summed E-state index contributed by atoms with van der Waals surface area (Å²) in [6.07, 6.45) is 10.1. The van der Waals surface area contributed by atoms with Crippen LogP contribution in [0.1, 0.15) is 23.2 Å². The maximum atomic E-state index is 6.05. The van der Waals surface area contributed by atoms with E-state index in [1.165, 1.54) is 16.7 Å². The molecule has 118 valence electrons. The van der Waals surface area contributed by atoms with E-state index in [0.717, 1.165) is 18.6 Å². The van der Waals surface area contributed by atoms with Crippen LogP contribution >= 0.6 is 0 Å². The lowest BCUT2D eigenvalue weighted by Gasteiger charge is -2.29. The zero-order valence-electron chi connectivity index (χ0n) is 13.3. The quantitative estimate of drug-likeness (QED) is 0.525. The number of fused-ring (bicyclic) bond motifs is 2. The number of nitrogens with zero attached hydrogens (tertiary/aromatic N) is 3. The van der Waals surface area contributed by atoms with E-state index >= 15 is 0 Å². The van der Waals surface area contributed by atoms with Crippen molar-refractivity contribution in [2.45, 2.75) is 12.8 Å². The molecule has 1 aromatic carbocycles. The molecule has 0 fully saturated rings. The molecule has 1 aromatic heterocycles. The van der Waals surface area contributed by atoms with Gasteiger partial charge >= 0.3 is 0 Å². The molecule has 2 aliphatic rings. The van der Waals surface area contributed by atoms with Crippen molar-refractivity contribution in [3.05, 3.63) is 89.3 Å². The van der Waals surface area contributed by atoms with E-state index in [-0.39, 0.29) is 5.92 Å². The van der Waals surface area contributed by atoms with Gasteiger partial charge in [-0.05, 0) is 30.5 Å². The van der Waals surface area contributed by atoms with Crippen molar-refractivity contribution in [1.29, 1.82) is 0 Å². The minimum Gasteiger partial charge on any atom is -0.380 e. The summed E-state index contributed by atoms with van der Waals surface area (Å²) in [6, 6.07) is 14.0. The van der Waals surface area contributed by atoms with Crippen molar-refractivity contribution in [2.24, 2.45) is 21.9 Å². The third kappa shape index (κ3) is 2.67. The van der Waals surface area contributed by atoms with Crippen LogP contribution in [0, 0.1) is 5.92 Å². The molecule has 0 bridgehead atoms. The van der Waals surface area contributed by atoms with Gasteiger partial charge in [-0.15, -0.1) is 5.10 Å². The zero-order valence-corrected chi connectivity index (χ0v) is 13.3. The van der Waals surface area contributed by atoms with Gasteiger partial charge in [-0.25, -0.2) is 0 Å². The summed E-state index contributed by atoms with van der Waals surface area (Å²) >= 11 is 0. The van der Waals surface area contributed by atoms with E-state index in [1.54, 1.807) is 6.20 Å². The number of pyridine rings is 1. The molecule has 2 aliphatic carbocycles. The van der Waals surface area contributed by atoms with Gasteiger partial charge in [0.15, 0.2) is 5.84 Å². The normalized spacial score (nSPS) is 21.2. The van der Waals surface area contributed by atoms with Gasteiger partial charge in [0.2, 0.25) is 0 Å². The van der Waals surface area contributed by atoms with Gasteiger partial charge in [-0.3, -0.25) is 4.98 Å². The van der Waals surface area contributed by atoms with Crippen LogP contribution in [0.15, 0.2) is 82.7 Å². The Morgan fingerprint density at radius 2 is 2.00 bits per heavy atom. The molecule has 0 radical (unpaired) electrons. The Hall–Kier alpha value is -3.01. The first-order valence-electron chi connectivity index (χ1n) is 8.09. The number of nitrogens with two attached hydrogens (primary N) is 1. The van der Waals surface area contributed by atoms with E-state index in [1.807, 2.05) is 24.3 Å².